The van der Waals surface area contributed by atoms with Crippen molar-refractivity contribution < 1.29 is 14.3 Å². The van der Waals surface area contributed by atoms with Crippen molar-refractivity contribution >= 4 is 17.8 Å². The number of hydrogen-bond donors (Lipinski definition) is 2. The number of hydrogen-bond acceptors (Lipinski definition) is 5. The van der Waals surface area contributed by atoms with Crippen LogP contribution in [0.15, 0.2) is 18.2 Å². The van der Waals surface area contributed by atoms with Gasteiger partial charge in [0.1, 0.15) is 11.5 Å². The lowest BCUT2D eigenvalue weighted by molar-refractivity contribution is 0.0856. The average molecular weight is 306 g/mol. The Bertz CT molecular complexity index is 527. The Labute approximate surface area is 130 Å². The molecule has 0 aliphatic carbocycles. The molecule has 0 bridgehead atoms. The molecule has 0 radical (unpaired) electrons. The highest BCUT2D eigenvalue weighted by Gasteiger charge is 2.25. The molecule has 1 aliphatic rings. The second kappa shape index (κ2) is 7.63. The third kappa shape index (κ3) is 4.09. The Morgan fingerprint density at radius 3 is 2.73 bits per heavy atom. The molecule has 22 heavy (non-hydrogen) atoms. The van der Waals surface area contributed by atoms with E-state index in [1.165, 1.54) is 0 Å². The van der Waals surface area contributed by atoms with Gasteiger partial charge in [-0.1, -0.05) is 6.07 Å². The predicted octanol–water partition coefficient (Wildman–Crippen LogP) is 1.47. The van der Waals surface area contributed by atoms with Gasteiger partial charge >= 0.3 is 6.09 Å². The Kier molecular flexibility index (Phi) is 5.57. The number of amides is 2. The second-order valence-corrected chi connectivity index (χ2v) is 5.09. The molecule has 1 aromatic heterocycles. The number of anilines is 1. The number of aromatic nitrogens is 1. The molecule has 0 aromatic carbocycles. The minimum atomic E-state index is -0.282. The molecular weight excluding hydrogens is 284 g/mol. The molecule has 1 aliphatic heterocycles. The number of piperidine rings is 1. The van der Waals surface area contributed by atoms with Crippen LogP contribution in [0.25, 0.3) is 0 Å². The van der Waals surface area contributed by atoms with Gasteiger partial charge in [0.05, 0.1) is 6.61 Å². The Hall–Kier alpha value is -2.31. The number of likely N-dealkylation sites (tertiary alicyclic amines) is 1. The van der Waals surface area contributed by atoms with Crippen LogP contribution in [-0.4, -0.2) is 54.7 Å². The van der Waals surface area contributed by atoms with Gasteiger partial charge in [-0.25, -0.2) is 9.78 Å². The summed E-state index contributed by atoms with van der Waals surface area (Å²) in [7, 11) is 1.76. The second-order valence-electron chi connectivity index (χ2n) is 5.09. The standard InChI is InChI=1S/C15H22N4O3/c1-3-22-15(21)19-9-7-11(8-10-19)17-14(20)12-5-4-6-13(16-2)18-12/h4-6,11H,3,7-10H2,1-2H3,(H,16,18)(H,17,20). The van der Waals surface area contributed by atoms with E-state index in [9.17, 15) is 9.59 Å². The normalized spacial score (nSPS) is 15.3. The first-order chi connectivity index (χ1) is 10.6. The van der Waals surface area contributed by atoms with Crippen LogP contribution < -0.4 is 10.6 Å². The van der Waals surface area contributed by atoms with E-state index in [1.54, 1.807) is 37.1 Å². The number of ether oxygens (including phenoxy) is 1. The Morgan fingerprint density at radius 1 is 1.36 bits per heavy atom. The summed E-state index contributed by atoms with van der Waals surface area (Å²) in [4.78, 5) is 29.7. The van der Waals surface area contributed by atoms with E-state index in [2.05, 4.69) is 15.6 Å². The van der Waals surface area contributed by atoms with Crippen molar-refractivity contribution in [1.82, 2.24) is 15.2 Å². The molecular formula is C15H22N4O3. The molecule has 7 nitrogen and oxygen atoms in total. The van der Waals surface area contributed by atoms with Crippen molar-refractivity contribution in [1.29, 1.82) is 0 Å². The van der Waals surface area contributed by atoms with Crippen molar-refractivity contribution in [2.75, 3.05) is 32.1 Å². The average Bonchev–Trinajstić information content (AvgIpc) is 2.55. The zero-order chi connectivity index (χ0) is 15.9. The highest BCUT2D eigenvalue weighted by molar-refractivity contribution is 5.92. The molecule has 2 N–H and O–H groups in total. The number of pyridine rings is 1. The van der Waals surface area contributed by atoms with Crippen molar-refractivity contribution in [3.8, 4) is 0 Å². The molecule has 2 rings (SSSR count). The molecule has 120 valence electrons. The van der Waals surface area contributed by atoms with E-state index in [1.807, 2.05) is 0 Å². The third-order valence-electron chi connectivity index (χ3n) is 3.59. The zero-order valence-electron chi connectivity index (χ0n) is 13.0. The predicted molar refractivity (Wildman–Crippen MR) is 82.9 cm³/mol. The lowest BCUT2D eigenvalue weighted by Crippen LogP contribution is -2.46. The number of carbonyl (C=O) groups is 2. The molecule has 7 heteroatoms. The number of nitrogens with zero attached hydrogens (tertiary/aromatic N) is 2. The van der Waals surface area contributed by atoms with Crippen LogP contribution in [0.3, 0.4) is 0 Å². The molecule has 1 fully saturated rings. The first kappa shape index (κ1) is 16.1. The van der Waals surface area contributed by atoms with Gasteiger partial charge in [0.2, 0.25) is 0 Å². The van der Waals surface area contributed by atoms with E-state index in [4.69, 9.17) is 4.74 Å². The van der Waals surface area contributed by atoms with Crippen LogP contribution in [-0.2, 0) is 4.74 Å². The van der Waals surface area contributed by atoms with Gasteiger partial charge in [0.25, 0.3) is 5.91 Å². The number of carbonyl (C=O) groups excluding carboxylic acids is 2. The van der Waals surface area contributed by atoms with Crippen LogP contribution in [0.4, 0.5) is 10.6 Å². The van der Waals surface area contributed by atoms with Crippen LogP contribution in [0, 0.1) is 0 Å². The smallest absolute Gasteiger partial charge is 0.409 e. The fourth-order valence-corrected chi connectivity index (χ4v) is 2.38. The molecule has 1 aromatic rings. The maximum atomic E-state index is 12.2. The zero-order valence-corrected chi connectivity index (χ0v) is 13.0. The molecule has 0 saturated carbocycles. The van der Waals surface area contributed by atoms with Gasteiger partial charge in [-0.15, -0.1) is 0 Å². The molecule has 2 heterocycles. The molecule has 0 atom stereocenters. The van der Waals surface area contributed by atoms with Crippen molar-refractivity contribution in [3.63, 3.8) is 0 Å². The van der Waals surface area contributed by atoms with Gasteiger partial charge in [-0.2, -0.15) is 0 Å². The first-order valence-electron chi connectivity index (χ1n) is 7.51. The van der Waals surface area contributed by atoms with Gasteiger partial charge in [-0.3, -0.25) is 4.79 Å². The van der Waals surface area contributed by atoms with Crippen molar-refractivity contribution in [3.05, 3.63) is 23.9 Å². The van der Waals surface area contributed by atoms with Crippen molar-refractivity contribution in [2.45, 2.75) is 25.8 Å². The highest BCUT2D eigenvalue weighted by Crippen LogP contribution is 2.12. The number of nitrogens with one attached hydrogen (secondary N) is 2. The van der Waals surface area contributed by atoms with E-state index in [-0.39, 0.29) is 18.0 Å². The highest BCUT2D eigenvalue weighted by atomic mass is 16.6. The van der Waals surface area contributed by atoms with Crippen LogP contribution >= 0.6 is 0 Å². The van der Waals surface area contributed by atoms with Gasteiger partial charge < -0.3 is 20.3 Å². The molecule has 1 saturated heterocycles. The lowest BCUT2D eigenvalue weighted by atomic mass is 10.1. The Balaban J connectivity index is 1.85. The summed E-state index contributed by atoms with van der Waals surface area (Å²) in [5, 5.41) is 5.88. The fourth-order valence-electron chi connectivity index (χ4n) is 2.38. The largest absolute Gasteiger partial charge is 0.450 e. The summed E-state index contributed by atoms with van der Waals surface area (Å²) in [6.07, 6.45) is 1.16. The van der Waals surface area contributed by atoms with E-state index in [0.717, 1.165) is 12.8 Å². The van der Waals surface area contributed by atoms with Gasteiger partial charge in [0.15, 0.2) is 0 Å². The Morgan fingerprint density at radius 2 is 2.09 bits per heavy atom. The molecule has 0 unspecified atom stereocenters. The minimum absolute atomic E-state index is 0.0539. The van der Waals surface area contributed by atoms with Gasteiger partial charge in [-0.05, 0) is 31.9 Å². The van der Waals surface area contributed by atoms with Crippen molar-refractivity contribution in [2.24, 2.45) is 0 Å². The topological polar surface area (TPSA) is 83.6 Å². The maximum Gasteiger partial charge on any atom is 0.409 e. The quantitative estimate of drug-likeness (QED) is 0.880. The summed E-state index contributed by atoms with van der Waals surface area (Å²) in [5.41, 5.74) is 0.389. The monoisotopic (exact) mass is 306 g/mol. The summed E-state index contributed by atoms with van der Waals surface area (Å²) in [6, 6.07) is 5.33. The summed E-state index contributed by atoms with van der Waals surface area (Å²) in [5.74, 6) is 0.469. The van der Waals surface area contributed by atoms with E-state index in [0.29, 0.717) is 31.2 Å². The minimum Gasteiger partial charge on any atom is -0.450 e. The SMILES string of the molecule is CCOC(=O)N1CCC(NC(=O)c2cccc(NC)n2)CC1. The fraction of sp³-hybridized carbons (Fsp3) is 0.533. The van der Waals surface area contributed by atoms with Gasteiger partial charge in [0, 0.05) is 26.2 Å². The van der Waals surface area contributed by atoms with E-state index < -0.39 is 0 Å². The first-order valence-corrected chi connectivity index (χ1v) is 7.51. The van der Waals surface area contributed by atoms with E-state index >= 15 is 0 Å². The molecule has 2 amide bonds. The number of rotatable bonds is 4. The van der Waals surface area contributed by atoms with Crippen LogP contribution in [0.1, 0.15) is 30.3 Å². The van der Waals surface area contributed by atoms with Crippen LogP contribution in [0.2, 0.25) is 0 Å². The third-order valence-corrected chi connectivity index (χ3v) is 3.59. The van der Waals surface area contributed by atoms with Crippen LogP contribution in [0.5, 0.6) is 0 Å². The summed E-state index contributed by atoms with van der Waals surface area (Å²) >= 11 is 0. The maximum absolute atomic E-state index is 12.2. The summed E-state index contributed by atoms with van der Waals surface area (Å²) in [6.45, 7) is 3.35. The summed E-state index contributed by atoms with van der Waals surface area (Å²) < 4.78 is 4.98. The molecule has 0 spiro atoms. The lowest BCUT2D eigenvalue weighted by Gasteiger charge is -2.31.